The predicted octanol–water partition coefficient (Wildman–Crippen LogP) is 2.16. The summed E-state index contributed by atoms with van der Waals surface area (Å²) in [5.74, 6) is -0.979. The molecule has 0 unspecified atom stereocenters. The molecule has 0 saturated heterocycles. The Morgan fingerprint density at radius 2 is 2.05 bits per heavy atom. The van der Waals surface area contributed by atoms with Crippen molar-refractivity contribution in [3.63, 3.8) is 0 Å². The minimum Gasteiger partial charge on any atom is -0.421 e. The Morgan fingerprint density at radius 1 is 1.37 bits per heavy atom. The van der Waals surface area contributed by atoms with Gasteiger partial charge in [-0.1, -0.05) is 16.8 Å². The second-order valence-electron chi connectivity index (χ2n) is 3.42. The highest BCUT2D eigenvalue weighted by Crippen LogP contribution is 2.23. The number of nitrogens with two attached hydrogens (primary N) is 1. The number of aromatic nitrogens is 2. The average Bonchev–Trinajstić information content (AvgIpc) is 2.42. The lowest BCUT2D eigenvalue weighted by Crippen LogP contribution is -2.13. The minimum absolute atomic E-state index is 0.0418. The highest BCUT2D eigenvalue weighted by atomic mass is 35.5. The SMILES string of the molecule is NC(=NO)c1ccc(Oc2ncc(Cl)cn2)c(F)c1. The second kappa shape index (κ2) is 5.49. The van der Waals surface area contributed by atoms with Gasteiger partial charge in [0.05, 0.1) is 17.4 Å². The van der Waals surface area contributed by atoms with Gasteiger partial charge >= 0.3 is 6.01 Å². The van der Waals surface area contributed by atoms with Crippen molar-refractivity contribution in [2.75, 3.05) is 0 Å². The molecule has 0 bridgehead atoms. The number of hydrogen-bond donors (Lipinski definition) is 2. The van der Waals surface area contributed by atoms with Gasteiger partial charge in [-0.3, -0.25) is 0 Å². The van der Waals surface area contributed by atoms with Crippen LogP contribution in [0.25, 0.3) is 0 Å². The Balaban J connectivity index is 2.24. The van der Waals surface area contributed by atoms with Crippen molar-refractivity contribution in [2.24, 2.45) is 10.9 Å². The maximum Gasteiger partial charge on any atom is 0.322 e. The highest BCUT2D eigenvalue weighted by Gasteiger charge is 2.09. The molecule has 1 heterocycles. The van der Waals surface area contributed by atoms with Gasteiger partial charge in [0.25, 0.3) is 0 Å². The highest BCUT2D eigenvalue weighted by molar-refractivity contribution is 6.30. The topological polar surface area (TPSA) is 93.6 Å². The van der Waals surface area contributed by atoms with Crippen LogP contribution in [0.1, 0.15) is 5.56 Å². The maximum atomic E-state index is 13.7. The molecule has 0 radical (unpaired) electrons. The zero-order valence-corrected chi connectivity index (χ0v) is 10.2. The molecular weight excluding hydrogens is 275 g/mol. The lowest BCUT2D eigenvalue weighted by atomic mass is 10.2. The molecule has 0 aliphatic rings. The molecule has 0 aliphatic heterocycles. The molecule has 0 spiro atoms. The summed E-state index contributed by atoms with van der Waals surface area (Å²) < 4.78 is 18.8. The van der Waals surface area contributed by atoms with Gasteiger partial charge in [-0.25, -0.2) is 14.4 Å². The summed E-state index contributed by atoms with van der Waals surface area (Å²) in [5.41, 5.74) is 5.56. The van der Waals surface area contributed by atoms with Crippen LogP contribution in [0.2, 0.25) is 5.02 Å². The van der Waals surface area contributed by atoms with E-state index in [9.17, 15) is 4.39 Å². The first-order chi connectivity index (χ1) is 9.10. The number of rotatable bonds is 3. The van der Waals surface area contributed by atoms with E-state index in [2.05, 4.69) is 15.1 Å². The summed E-state index contributed by atoms with van der Waals surface area (Å²) in [7, 11) is 0. The number of nitrogens with zero attached hydrogens (tertiary/aromatic N) is 3. The number of oxime groups is 1. The molecule has 1 aromatic carbocycles. The van der Waals surface area contributed by atoms with E-state index >= 15 is 0 Å². The molecule has 0 amide bonds. The second-order valence-corrected chi connectivity index (χ2v) is 3.85. The molecular formula is C11H8ClFN4O2. The van der Waals surface area contributed by atoms with Crippen LogP contribution < -0.4 is 10.5 Å². The Hall–Kier alpha value is -2.41. The van der Waals surface area contributed by atoms with Gasteiger partial charge in [-0.2, -0.15) is 0 Å². The zero-order chi connectivity index (χ0) is 13.8. The van der Waals surface area contributed by atoms with Gasteiger partial charge in [0.2, 0.25) is 0 Å². The van der Waals surface area contributed by atoms with Crippen LogP contribution in [-0.4, -0.2) is 21.0 Å². The molecule has 2 rings (SSSR count). The van der Waals surface area contributed by atoms with E-state index in [1.165, 1.54) is 24.5 Å². The smallest absolute Gasteiger partial charge is 0.322 e. The van der Waals surface area contributed by atoms with E-state index < -0.39 is 5.82 Å². The van der Waals surface area contributed by atoms with Crippen molar-refractivity contribution >= 4 is 17.4 Å². The van der Waals surface area contributed by atoms with Crippen LogP contribution in [0, 0.1) is 5.82 Å². The van der Waals surface area contributed by atoms with Gasteiger partial charge in [0.15, 0.2) is 17.4 Å². The molecule has 98 valence electrons. The first-order valence-electron chi connectivity index (χ1n) is 5.03. The van der Waals surface area contributed by atoms with Crippen LogP contribution in [0.3, 0.4) is 0 Å². The van der Waals surface area contributed by atoms with Gasteiger partial charge < -0.3 is 15.7 Å². The van der Waals surface area contributed by atoms with E-state index in [1.807, 2.05) is 0 Å². The summed E-state index contributed by atoms with van der Waals surface area (Å²) in [6.07, 6.45) is 2.65. The summed E-state index contributed by atoms with van der Waals surface area (Å²) in [6.45, 7) is 0. The lowest BCUT2D eigenvalue weighted by molar-refractivity contribution is 0.318. The predicted molar refractivity (Wildman–Crippen MR) is 66.0 cm³/mol. The largest absolute Gasteiger partial charge is 0.421 e. The van der Waals surface area contributed by atoms with Gasteiger partial charge in [-0.05, 0) is 18.2 Å². The van der Waals surface area contributed by atoms with Gasteiger partial charge in [0.1, 0.15) is 0 Å². The lowest BCUT2D eigenvalue weighted by Gasteiger charge is -2.06. The fraction of sp³-hybridized carbons (Fsp3) is 0. The Labute approximate surface area is 112 Å². The van der Waals surface area contributed by atoms with Crippen molar-refractivity contribution in [2.45, 2.75) is 0 Å². The maximum absolute atomic E-state index is 13.7. The monoisotopic (exact) mass is 282 g/mol. The average molecular weight is 283 g/mol. The number of halogens is 2. The van der Waals surface area contributed by atoms with Crippen LogP contribution >= 0.6 is 11.6 Å². The normalized spacial score (nSPS) is 11.4. The number of benzene rings is 1. The molecule has 0 saturated carbocycles. The molecule has 0 atom stereocenters. The molecule has 2 aromatic rings. The molecule has 6 nitrogen and oxygen atoms in total. The van der Waals surface area contributed by atoms with E-state index in [1.54, 1.807) is 0 Å². The molecule has 19 heavy (non-hydrogen) atoms. The first kappa shape index (κ1) is 13.0. The quantitative estimate of drug-likeness (QED) is 0.389. The standard InChI is InChI=1S/C11H8ClFN4O2/c12-7-4-15-11(16-5-7)19-9-2-1-6(3-8(9)13)10(14)17-18/h1-5,18H,(H2,14,17). The summed E-state index contributed by atoms with van der Waals surface area (Å²) in [4.78, 5) is 7.54. The van der Waals surface area contributed by atoms with E-state index in [4.69, 9.17) is 27.3 Å². The summed E-state index contributed by atoms with van der Waals surface area (Å²) in [5, 5.41) is 11.6. The van der Waals surface area contributed by atoms with Crippen molar-refractivity contribution < 1.29 is 14.3 Å². The third-order valence-corrected chi connectivity index (χ3v) is 2.33. The van der Waals surface area contributed by atoms with Crippen LogP contribution in [0.4, 0.5) is 4.39 Å². The molecule has 0 aliphatic carbocycles. The van der Waals surface area contributed by atoms with Gasteiger partial charge in [0, 0.05) is 5.56 Å². The number of amidine groups is 1. The third-order valence-electron chi connectivity index (χ3n) is 2.13. The summed E-state index contributed by atoms with van der Waals surface area (Å²) >= 11 is 5.61. The first-order valence-corrected chi connectivity index (χ1v) is 5.41. The molecule has 1 aromatic heterocycles. The van der Waals surface area contributed by atoms with E-state index in [-0.39, 0.29) is 23.2 Å². The summed E-state index contributed by atoms with van der Waals surface area (Å²) in [6, 6.07) is 3.78. The fourth-order valence-electron chi connectivity index (χ4n) is 1.25. The fourth-order valence-corrected chi connectivity index (χ4v) is 1.35. The van der Waals surface area contributed by atoms with Crippen molar-refractivity contribution in [1.82, 2.24) is 9.97 Å². The molecule has 3 N–H and O–H groups in total. The van der Waals surface area contributed by atoms with E-state index in [0.29, 0.717) is 5.02 Å². The van der Waals surface area contributed by atoms with E-state index in [0.717, 1.165) is 6.07 Å². The zero-order valence-electron chi connectivity index (χ0n) is 9.42. The van der Waals surface area contributed by atoms with Crippen LogP contribution in [0.15, 0.2) is 35.7 Å². The van der Waals surface area contributed by atoms with Gasteiger partial charge in [-0.15, -0.1) is 0 Å². The minimum atomic E-state index is -0.692. The Morgan fingerprint density at radius 3 is 2.63 bits per heavy atom. The Bertz CT molecular complexity index is 619. The molecule has 8 heteroatoms. The number of ether oxygens (including phenoxy) is 1. The Kier molecular flexibility index (Phi) is 3.76. The van der Waals surface area contributed by atoms with Crippen LogP contribution in [0.5, 0.6) is 11.8 Å². The number of hydrogen-bond acceptors (Lipinski definition) is 5. The third kappa shape index (κ3) is 3.08. The van der Waals surface area contributed by atoms with Crippen LogP contribution in [-0.2, 0) is 0 Å². The molecule has 0 fully saturated rings. The van der Waals surface area contributed by atoms with Crippen molar-refractivity contribution in [3.8, 4) is 11.8 Å². The van der Waals surface area contributed by atoms with Crippen molar-refractivity contribution in [1.29, 1.82) is 0 Å². The van der Waals surface area contributed by atoms with Crippen molar-refractivity contribution in [3.05, 3.63) is 47.0 Å².